The third kappa shape index (κ3) is 18.4. The van der Waals surface area contributed by atoms with Crippen LogP contribution in [0.25, 0.3) is 0 Å². The van der Waals surface area contributed by atoms with Crippen LogP contribution in [-0.2, 0) is 26.4 Å². The van der Waals surface area contributed by atoms with Crippen LogP contribution in [0, 0.1) is 0 Å². The summed E-state index contributed by atoms with van der Waals surface area (Å²) in [5, 5.41) is 0. The van der Waals surface area contributed by atoms with E-state index in [1.54, 1.807) is 0 Å². The maximum atomic E-state index is 7.50. The monoisotopic (exact) mass is 223 g/mol. The fourth-order valence-corrected chi connectivity index (χ4v) is 0.856. The maximum absolute atomic E-state index is 7.50. The Hall–Kier alpha value is -0.674. The Kier molecular flexibility index (Phi) is 31.5. The molecule has 0 atom stereocenters. The van der Waals surface area contributed by atoms with E-state index in [0.717, 1.165) is 0 Å². The first-order chi connectivity index (χ1) is 6.00. The predicted molar refractivity (Wildman–Crippen MR) is 48.1 cm³/mol. The van der Waals surface area contributed by atoms with Crippen LogP contribution in [-0.4, -0.2) is 13.6 Å². The molecule has 13 heavy (non-hydrogen) atoms. The summed E-state index contributed by atoms with van der Waals surface area (Å²) >= 11 is 0. The largest absolute Gasteiger partial charge is 0.281 e. The molecule has 0 aliphatic heterocycles. The molecule has 0 aromatic heterocycles. The molecule has 1 aliphatic rings. The van der Waals surface area contributed by atoms with Gasteiger partial charge in [0, 0.05) is 16.8 Å². The first kappa shape index (κ1) is 18.2. The van der Waals surface area contributed by atoms with Crippen LogP contribution in [0.15, 0.2) is 24.3 Å². The molecule has 0 heterocycles. The molecule has 0 saturated carbocycles. The number of allylic oxidation sites excluding steroid dienone is 4. The first-order valence-electron chi connectivity index (χ1n) is 3.71. The second kappa shape index (κ2) is 22.5. The van der Waals surface area contributed by atoms with Crippen molar-refractivity contribution in [2.24, 2.45) is 0 Å². The van der Waals surface area contributed by atoms with E-state index < -0.39 is 0 Å². The van der Waals surface area contributed by atoms with Gasteiger partial charge in [0.25, 0.3) is 13.6 Å². The third-order valence-electron chi connectivity index (χ3n) is 1.33. The molecular weight excluding hydrogens is 211 g/mol. The molecule has 0 amide bonds. The smallest absolute Gasteiger partial charge is 0.281 e. The maximum Gasteiger partial charge on any atom is 0.281 e. The van der Waals surface area contributed by atoms with Gasteiger partial charge in [-0.1, -0.05) is 24.3 Å². The Morgan fingerprint density at radius 1 is 0.615 bits per heavy atom. The molecule has 1 rings (SSSR count). The van der Waals surface area contributed by atoms with Crippen LogP contribution in [0.2, 0.25) is 0 Å². The van der Waals surface area contributed by atoms with E-state index in [2.05, 4.69) is 37.9 Å². The number of hydrogen-bond acceptors (Lipinski definition) is 2. The molecule has 0 unspecified atom stereocenters. The van der Waals surface area contributed by atoms with Crippen molar-refractivity contribution < 1.29 is 26.4 Å². The van der Waals surface area contributed by atoms with Gasteiger partial charge in [-0.05, 0) is 25.7 Å². The van der Waals surface area contributed by atoms with Gasteiger partial charge >= 0.3 is 0 Å². The van der Waals surface area contributed by atoms with Gasteiger partial charge in [-0.2, -0.15) is 0 Å². The molecule has 0 bridgehead atoms. The van der Waals surface area contributed by atoms with E-state index in [9.17, 15) is 0 Å². The van der Waals surface area contributed by atoms with E-state index in [-0.39, 0.29) is 16.8 Å². The normalized spacial score (nSPS) is 17.8. The van der Waals surface area contributed by atoms with E-state index in [0.29, 0.717) is 0 Å². The zero-order chi connectivity index (χ0) is 9.66. The number of hydrogen-bond donors (Lipinski definition) is 0. The van der Waals surface area contributed by atoms with Crippen LogP contribution in [0.1, 0.15) is 25.7 Å². The van der Waals surface area contributed by atoms with Gasteiger partial charge in [0.2, 0.25) is 0 Å². The Morgan fingerprint density at radius 3 is 0.923 bits per heavy atom. The summed E-state index contributed by atoms with van der Waals surface area (Å²) in [6.07, 6.45) is 14.0. The average molecular weight is 223 g/mol. The second-order valence-electron chi connectivity index (χ2n) is 2.10. The Morgan fingerprint density at radius 2 is 0.769 bits per heavy atom. The molecule has 0 N–H and O–H groups in total. The van der Waals surface area contributed by atoms with E-state index >= 15 is 0 Å². The van der Waals surface area contributed by atoms with Crippen molar-refractivity contribution in [2.45, 2.75) is 25.7 Å². The van der Waals surface area contributed by atoms with Gasteiger partial charge in [0.05, 0.1) is 0 Å². The quantitative estimate of drug-likeness (QED) is 0.587. The molecule has 0 aromatic carbocycles. The molecule has 3 heteroatoms. The Balaban J connectivity index is -0.000000178. The van der Waals surface area contributed by atoms with Gasteiger partial charge in [0.1, 0.15) is 0 Å². The predicted octanol–water partition coefficient (Wildman–Crippen LogP) is 1.88. The fraction of sp³-hybridized carbons (Fsp3) is 0.400. The van der Waals surface area contributed by atoms with Crippen molar-refractivity contribution in [1.82, 2.24) is 0 Å². The van der Waals surface area contributed by atoms with Crippen molar-refractivity contribution in [1.29, 1.82) is 0 Å². The Labute approximate surface area is 90.3 Å². The second-order valence-corrected chi connectivity index (χ2v) is 2.10. The number of carbonyl (C=O) groups excluding carboxylic acids is 2. The molecular formula is C10H12CoO2. The summed E-state index contributed by atoms with van der Waals surface area (Å²) < 4.78 is 0. The summed E-state index contributed by atoms with van der Waals surface area (Å²) in [5.74, 6) is 0. The van der Waals surface area contributed by atoms with E-state index in [4.69, 9.17) is 9.59 Å². The van der Waals surface area contributed by atoms with Crippen LogP contribution in [0.3, 0.4) is 0 Å². The topological polar surface area (TPSA) is 34.1 Å². The summed E-state index contributed by atoms with van der Waals surface area (Å²) in [5.41, 5.74) is 0. The molecule has 0 aromatic rings. The molecule has 73 valence electrons. The first-order valence-corrected chi connectivity index (χ1v) is 3.71. The third-order valence-corrected chi connectivity index (χ3v) is 1.33. The summed E-state index contributed by atoms with van der Waals surface area (Å²) in [6.45, 7) is 9.00. The molecule has 0 spiro atoms. The van der Waals surface area contributed by atoms with E-state index in [1.165, 1.54) is 25.7 Å². The molecule has 2 nitrogen and oxygen atoms in total. The average Bonchev–Trinajstić information content (AvgIpc) is 2.10. The van der Waals surface area contributed by atoms with Gasteiger partial charge in [-0.25, -0.2) is 0 Å². The van der Waals surface area contributed by atoms with Crippen molar-refractivity contribution in [3.8, 4) is 0 Å². The fourth-order valence-electron chi connectivity index (χ4n) is 0.856. The molecule has 5 radical (unpaired) electrons. The van der Waals surface area contributed by atoms with Gasteiger partial charge in [0.15, 0.2) is 0 Å². The molecule has 0 saturated heterocycles. The summed E-state index contributed by atoms with van der Waals surface area (Å²) in [6, 6.07) is 0. The van der Waals surface area contributed by atoms with Crippen LogP contribution >= 0.6 is 0 Å². The van der Waals surface area contributed by atoms with Crippen LogP contribution in [0.4, 0.5) is 0 Å². The van der Waals surface area contributed by atoms with Gasteiger partial charge in [-0.15, -0.1) is 0 Å². The van der Waals surface area contributed by atoms with Crippen LogP contribution in [0.5, 0.6) is 0 Å². The zero-order valence-corrected chi connectivity index (χ0v) is 8.33. The SMILES string of the molecule is C1=C\CC/C=C\CC/1.[C]=O.[C]=O.[Co]. The number of rotatable bonds is 0. The Bertz CT molecular complexity index is 105. The van der Waals surface area contributed by atoms with E-state index in [1.807, 2.05) is 0 Å². The minimum Gasteiger partial charge on any atom is -0.281 e. The van der Waals surface area contributed by atoms with Crippen molar-refractivity contribution in [3.05, 3.63) is 24.3 Å². The van der Waals surface area contributed by atoms with Gasteiger partial charge in [-0.3, -0.25) is 9.59 Å². The zero-order valence-electron chi connectivity index (χ0n) is 7.29. The minimum atomic E-state index is 0. The minimum absolute atomic E-state index is 0. The van der Waals surface area contributed by atoms with Gasteiger partial charge < -0.3 is 0 Å². The summed E-state index contributed by atoms with van der Waals surface area (Å²) in [4.78, 5) is 15.0. The molecule has 1 aliphatic carbocycles. The van der Waals surface area contributed by atoms with Crippen molar-refractivity contribution in [3.63, 3.8) is 0 Å². The van der Waals surface area contributed by atoms with Crippen molar-refractivity contribution >= 4 is 13.6 Å². The standard InChI is InChI=1S/C8H12.2CO.Co/c1-2-4-6-8-7-5-3-1;2*1-2;/h1-2,7-8H,3-6H2;;;/b2-1-,8-7-;;;. The summed E-state index contributed by atoms with van der Waals surface area (Å²) in [7, 11) is 0. The van der Waals surface area contributed by atoms with Crippen molar-refractivity contribution in [2.75, 3.05) is 0 Å². The van der Waals surface area contributed by atoms with Crippen LogP contribution < -0.4 is 0 Å². The molecule has 0 fully saturated rings.